The number of halogens is 1. The van der Waals surface area contributed by atoms with Crippen LogP contribution in [0.2, 0.25) is 0 Å². The van der Waals surface area contributed by atoms with Gasteiger partial charge in [-0.15, -0.1) is 0 Å². The molecule has 2 N–H and O–H groups in total. The minimum Gasteiger partial charge on any atom is -0.489 e. The molecule has 17 heavy (non-hydrogen) atoms. The van der Waals surface area contributed by atoms with Crippen molar-refractivity contribution in [3.05, 3.63) is 22.7 Å². The summed E-state index contributed by atoms with van der Waals surface area (Å²) in [6, 6.07) is 5.53. The predicted octanol–water partition coefficient (Wildman–Crippen LogP) is 2.46. The van der Waals surface area contributed by atoms with Crippen LogP contribution in [-0.4, -0.2) is 33.5 Å². The zero-order chi connectivity index (χ0) is 12.5. The summed E-state index contributed by atoms with van der Waals surface area (Å²) in [5.74, 6) is 0.680. The van der Waals surface area contributed by atoms with E-state index >= 15 is 0 Å². The smallest absolute Gasteiger partial charge is 0.143 e. The molecule has 0 spiro atoms. The highest BCUT2D eigenvalue weighted by molar-refractivity contribution is 9.10. The fraction of sp³-hybridized carbons (Fsp3) is 0.500. The first-order chi connectivity index (χ1) is 8.24. The molecule has 0 aliphatic rings. The van der Waals surface area contributed by atoms with Gasteiger partial charge in [-0.05, 0) is 24.6 Å². The molecule has 0 saturated carbocycles. The number of hydrogen-bond donors (Lipinski definition) is 1. The third kappa shape index (κ3) is 5.91. The summed E-state index contributed by atoms with van der Waals surface area (Å²) in [5.41, 5.74) is 6.40. The molecule has 4 nitrogen and oxygen atoms in total. The monoisotopic (exact) mass is 303 g/mol. The minimum absolute atomic E-state index is 0.494. The fourth-order valence-electron chi connectivity index (χ4n) is 1.25. The molecule has 1 aromatic rings. The maximum Gasteiger partial charge on any atom is 0.143 e. The highest BCUT2D eigenvalue weighted by Crippen LogP contribution is 2.25. The Morgan fingerprint density at radius 1 is 1.18 bits per heavy atom. The van der Waals surface area contributed by atoms with Crippen LogP contribution in [0.1, 0.15) is 6.42 Å². The summed E-state index contributed by atoms with van der Waals surface area (Å²) < 4.78 is 16.7. The van der Waals surface area contributed by atoms with Crippen LogP contribution in [-0.2, 0) is 9.47 Å². The van der Waals surface area contributed by atoms with Crippen LogP contribution in [0.15, 0.2) is 22.7 Å². The van der Waals surface area contributed by atoms with Crippen molar-refractivity contribution < 1.29 is 14.2 Å². The molecule has 1 rings (SSSR count). The number of ether oxygens (including phenoxy) is 3. The Morgan fingerprint density at radius 2 is 2.00 bits per heavy atom. The molecule has 96 valence electrons. The lowest BCUT2D eigenvalue weighted by molar-refractivity contribution is 0.0808. The minimum atomic E-state index is 0.494. The Hall–Kier alpha value is -0.780. The third-order valence-corrected chi connectivity index (χ3v) is 2.59. The van der Waals surface area contributed by atoms with Crippen LogP contribution in [0, 0.1) is 0 Å². The van der Waals surface area contributed by atoms with Crippen molar-refractivity contribution in [1.82, 2.24) is 0 Å². The summed E-state index contributed by atoms with van der Waals surface area (Å²) in [4.78, 5) is 0. The molecule has 0 amide bonds. The van der Waals surface area contributed by atoms with Crippen molar-refractivity contribution in [2.24, 2.45) is 0 Å². The molecule has 0 radical (unpaired) electrons. The Bertz CT molecular complexity index is 334. The highest BCUT2D eigenvalue weighted by atomic mass is 79.9. The molecule has 1 aromatic carbocycles. The zero-order valence-electron chi connectivity index (χ0n) is 9.95. The van der Waals surface area contributed by atoms with E-state index < -0.39 is 0 Å². The van der Waals surface area contributed by atoms with Crippen LogP contribution < -0.4 is 10.5 Å². The highest BCUT2D eigenvalue weighted by Gasteiger charge is 2.00. The van der Waals surface area contributed by atoms with Gasteiger partial charge >= 0.3 is 0 Å². The van der Waals surface area contributed by atoms with Gasteiger partial charge in [-0.2, -0.15) is 0 Å². The topological polar surface area (TPSA) is 53.7 Å². The standard InChI is InChI=1S/C12H18BrNO3/c1-15-5-2-6-16-7-8-17-12-9-10(13)3-4-11(12)14/h3-4,9H,2,5-8,14H2,1H3. The Balaban J connectivity index is 2.15. The van der Waals surface area contributed by atoms with E-state index in [0.29, 0.717) is 31.3 Å². The molecule has 0 aliphatic carbocycles. The van der Waals surface area contributed by atoms with Gasteiger partial charge in [-0.3, -0.25) is 0 Å². The van der Waals surface area contributed by atoms with Gasteiger partial charge in [-0.25, -0.2) is 0 Å². The van der Waals surface area contributed by atoms with E-state index in [1.54, 1.807) is 13.2 Å². The number of nitrogens with two attached hydrogens (primary N) is 1. The van der Waals surface area contributed by atoms with Crippen molar-refractivity contribution in [2.45, 2.75) is 6.42 Å². The number of nitrogen functional groups attached to an aromatic ring is 1. The van der Waals surface area contributed by atoms with Crippen molar-refractivity contribution in [3.8, 4) is 5.75 Å². The molecule has 0 aliphatic heterocycles. The second-order valence-corrected chi connectivity index (χ2v) is 4.41. The van der Waals surface area contributed by atoms with Gasteiger partial charge in [0.15, 0.2) is 0 Å². The van der Waals surface area contributed by atoms with Crippen LogP contribution in [0.5, 0.6) is 5.75 Å². The summed E-state index contributed by atoms with van der Waals surface area (Å²) >= 11 is 3.37. The van der Waals surface area contributed by atoms with Gasteiger partial charge in [0.05, 0.1) is 12.3 Å². The average Bonchev–Trinajstić information content (AvgIpc) is 2.32. The second-order valence-electron chi connectivity index (χ2n) is 3.49. The quantitative estimate of drug-likeness (QED) is 0.592. The van der Waals surface area contributed by atoms with Crippen LogP contribution >= 0.6 is 15.9 Å². The van der Waals surface area contributed by atoms with E-state index in [2.05, 4.69) is 15.9 Å². The van der Waals surface area contributed by atoms with Gasteiger partial charge in [0.25, 0.3) is 0 Å². The lowest BCUT2D eigenvalue weighted by Gasteiger charge is -2.09. The summed E-state index contributed by atoms with van der Waals surface area (Å²) in [6.07, 6.45) is 0.898. The van der Waals surface area contributed by atoms with Gasteiger partial charge < -0.3 is 19.9 Å². The van der Waals surface area contributed by atoms with Gasteiger partial charge in [-0.1, -0.05) is 15.9 Å². The maximum atomic E-state index is 5.77. The number of benzene rings is 1. The second kappa shape index (κ2) is 8.33. The summed E-state index contributed by atoms with van der Waals surface area (Å²) in [6.45, 7) is 2.45. The Labute approximate surface area is 110 Å². The van der Waals surface area contributed by atoms with E-state index in [9.17, 15) is 0 Å². The molecule has 0 bridgehead atoms. The molecular weight excluding hydrogens is 286 g/mol. The van der Waals surface area contributed by atoms with Gasteiger partial charge in [0.1, 0.15) is 12.4 Å². The van der Waals surface area contributed by atoms with Crippen molar-refractivity contribution >= 4 is 21.6 Å². The van der Waals surface area contributed by atoms with Crippen LogP contribution in [0.3, 0.4) is 0 Å². The van der Waals surface area contributed by atoms with E-state index in [0.717, 1.165) is 17.5 Å². The Morgan fingerprint density at radius 3 is 2.76 bits per heavy atom. The first kappa shape index (κ1) is 14.3. The van der Waals surface area contributed by atoms with E-state index in [1.807, 2.05) is 12.1 Å². The van der Waals surface area contributed by atoms with Gasteiger partial charge in [0.2, 0.25) is 0 Å². The predicted molar refractivity (Wildman–Crippen MR) is 71.4 cm³/mol. The number of anilines is 1. The molecule has 0 unspecified atom stereocenters. The normalized spacial score (nSPS) is 10.5. The molecule has 0 atom stereocenters. The van der Waals surface area contributed by atoms with Gasteiger partial charge in [0, 0.05) is 24.8 Å². The third-order valence-electron chi connectivity index (χ3n) is 2.10. The molecule has 0 heterocycles. The lowest BCUT2D eigenvalue weighted by atomic mass is 10.3. The first-order valence-electron chi connectivity index (χ1n) is 5.48. The number of methoxy groups -OCH3 is 1. The summed E-state index contributed by atoms with van der Waals surface area (Å²) in [7, 11) is 1.68. The SMILES string of the molecule is COCCCOCCOc1cc(Br)ccc1N. The summed E-state index contributed by atoms with van der Waals surface area (Å²) in [5, 5.41) is 0. The van der Waals surface area contributed by atoms with Crippen LogP contribution in [0.4, 0.5) is 5.69 Å². The van der Waals surface area contributed by atoms with Crippen molar-refractivity contribution in [3.63, 3.8) is 0 Å². The van der Waals surface area contributed by atoms with E-state index in [-0.39, 0.29) is 0 Å². The largest absolute Gasteiger partial charge is 0.489 e. The molecule has 5 heteroatoms. The fourth-order valence-corrected chi connectivity index (χ4v) is 1.59. The lowest BCUT2D eigenvalue weighted by Crippen LogP contribution is -2.09. The molecule has 0 aromatic heterocycles. The van der Waals surface area contributed by atoms with E-state index in [1.165, 1.54) is 0 Å². The van der Waals surface area contributed by atoms with Crippen molar-refractivity contribution in [1.29, 1.82) is 0 Å². The Kier molecular flexibility index (Phi) is 7.00. The average molecular weight is 304 g/mol. The maximum absolute atomic E-state index is 5.77. The van der Waals surface area contributed by atoms with Crippen LogP contribution in [0.25, 0.3) is 0 Å². The molecule has 0 saturated heterocycles. The van der Waals surface area contributed by atoms with E-state index in [4.69, 9.17) is 19.9 Å². The molecular formula is C12H18BrNO3. The number of rotatable bonds is 8. The zero-order valence-corrected chi connectivity index (χ0v) is 11.5. The number of hydrogen-bond acceptors (Lipinski definition) is 4. The van der Waals surface area contributed by atoms with Crippen molar-refractivity contribution in [2.75, 3.05) is 39.3 Å². The first-order valence-corrected chi connectivity index (χ1v) is 6.28. The molecule has 0 fully saturated rings.